The summed E-state index contributed by atoms with van der Waals surface area (Å²) in [6, 6.07) is 19.1. The highest BCUT2D eigenvalue weighted by Gasteiger charge is 2.29. The summed E-state index contributed by atoms with van der Waals surface area (Å²) in [6.45, 7) is 4.06. The van der Waals surface area contributed by atoms with Gasteiger partial charge in [-0.1, -0.05) is 42.5 Å². The van der Waals surface area contributed by atoms with Crippen LogP contribution in [-0.4, -0.2) is 22.7 Å². The lowest BCUT2D eigenvalue weighted by Crippen LogP contribution is -2.37. The topological polar surface area (TPSA) is 58.6 Å². The van der Waals surface area contributed by atoms with Gasteiger partial charge < -0.3 is 15.2 Å². The zero-order valence-electron chi connectivity index (χ0n) is 16.2. The van der Waals surface area contributed by atoms with Crippen LogP contribution in [0.25, 0.3) is 0 Å². The summed E-state index contributed by atoms with van der Waals surface area (Å²) < 4.78 is 5.59. The number of rotatable bonds is 7. The lowest BCUT2D eigenvalue weighted by Gasteiger charge is -2.30. The van der Waals surface area contributed by atoms with E-state index in [9.17, 15) is 9.90 Å². The van der Waals surface area contributed by atoms with Crippen LogP contribution in [-0.2, 0) is 11.3 Å². The van der Waals surface area contributed by atoms with Crippen molar-refractivity contribution in [3.63, 3.8) is 0 Å². The molecule has 2 aromatic carbocycles. The van der Waals surface area contributed by atoms with Gasteiger partial charge in [0.25, 0.3) is 0 Å². The van der Waals surface area contributed by atoms with Crippen molar-refractivity contribution in [1.82, 2.24) is 5.32 Å². The molecule has 0 amide bonds. The number of benzene rings is 2. The second-order valence-electron chi connectivity index (χ2n) is 7.90. The highest BCUT2D eigenvalue weighted by atomic mass is 16.5. The van der Waals surface area contributed by atoms with Gasteiger partial charge in [-0.3, -0.25) is 0 Å². The van der Waals surface area contributed by atoms with Crippen LogP contribution in [0.5, 0.6) is 5.75 Å². The Morgan fingerprint density at radius 1 is 1.04 bits per heavy atom. The lowest BCUT2D eigenvalue weighted by atomic mass is 9.81. The molecule has 2 aromatic rings. The highest BCUT2D eigenvalue weighted by Crippen LogP contribution is 2.34. The average Bonchev–Trinajstić information content (AvgIpc) is 2.68. The molecule has 1 aliphatic rings. The number of nitrogens with one attached hydrogen (secondary N) is 1. The van der Waals surface area contributed by atoms with Crippen molar-refractivity contribution >= 4 is 5.97 Å². The van der Waals surface area contributed by atoms with Crippen molar-refractivity contribution in [2.45, 2.75) is 63.6 Å². The zero-order valence-corrected chi connectivity index (χ0v) is 16.2. The predicted octanol–water partition coefficient (Wildman–Crippen LogP) is 4.74. The van der Waals surface area contributed by atoms with E-state index in [1.807, 2.05) is 18.2 Å². The van der Waals surface area contributed by atoms with E-state index in [0.717, 1.165) is 6.54 Å². The molecule has 0 unspecified atom stereocenters. The number of carboxylic acid groups (broad SMARTS) is 1. The quantitative estimate of drug-likeness (QED) is 0.742. The minimum atomic E-state index is -1.22. The first-order valence-electron chi connectivity index (χ1n) is 9.74. The largest absolute Gasteiger partial charge is 0.478 e. The third-order valence-electron chi connectivity index (χ3n) is 5.40. The van der Waals surface area contributed by atoms with Crippen LogP contribution in [0, 0.1) is 0 Å². The maximum Gasteiger partial charge on any atom is 0.347 e. The van der Waals surface area contributed by atoms with Crippen molar-refractivity contribution in [2.75, 3.05) is 0 Å². The van der Waals surface area contributed by atoms with E-state index in [4.69, 9.17) is 4.74 Å². The van der Waals surface area contributed by atoms with Crippen LogP contribution in [0.1, 0.15) is 56.6 Å². The fraction of sp³-hybridized carbons (Fsp3) is 0.435. The maximum atomic E-state index is 11.2. The Kier molecular flexibility index (Phi) is 6.17. The molecule has 1 saturated carbocycles. The average molecular weight is 367 g/mol. The molecule has 0 heterocycles. The van der Waals surface area contributed by atoms with E-state index in [2.05, 4.69) is 41.7 Å². The summed E-state index contributed by atoms with van der Waals surface area (Å²) in [5, 5.41) is 12.9. The molecule has 4 heteroatoms. The van der Waals surface area contributed by atoms with Crippen molar-refractivity contribution < 1.29 is 14.6 Å². The van der Waals surface area contributed by atoms with Crippen LogP contribution < -0.4 is 10.1 Å². The molecule has 0 aromatic heterocycles. The molecular weight excluding hydrogens is 338 g/mol. The monoisotopic (exact) mass is 367 g/mol. The second kappa shape index (κ2) is 8.57. The zero-order chi connectivity index (χ0) is 19.3. The predicted molar refractivity (Wildman–Crippen MR) is 107 cm³/mol. The highest BCUT2D eigenvalue weighted by molar-refractivity contribution is 5.76. The Balaban J connectivity index is 1.48. The molecule has 144 valence electrons. The Labute approximate surface area is 161 Å². The Hall–Kier alpha value is -2.33. The van der Waals surface area contributed by atoms with Crippen molar-refractivity contribution in [3.05, 3.63) is 65.7 Å². The van der Waals surface area contributed by atoms with Gasteiger partial charge in [0.15, 0.2) is 5.60 Å². The summed E-state index contributed by atoms with van der Waals surface area (Å²) in [4.78, 5) is 11.2. The van der Waals surface area contributed by atoms with Gasteiger partial charge in [0.1, 0.15) is 5.75 Å². The Bertz CT molecular complexity index is 732. The standard InChI is InChI=1S/C23H29NO3/c1-23(2,22(25)26)27-21-14-10-19(11-15-21)18-8-12-20(13-9-18)24-16-17-6-4-3-5-7-17/h3-7,10-11,14-15,18,20,24H,8-9,12-13,16H2,1-2H3,(H,25,26). The third-order valence-corrected chi connectivity index (χ3v) is 5.40. The lowest BCUT2D eigenvalue weighted by molar-refractivity contribution is -0.152. The molecule has 0 saturated heterocycles. The fourth-order valence-electron chi connectivity index (χ4n) is 3.64. The van der Waals surface area contributed by atoms with E-state index in [0.29, 0.717) is 17.7 Å². The minimum Gasteiger partial charge on any atom is -0.478 e. The molecule has 0 aliphatic heterocycles. The van der Waals surface area contributed by atoms with Crippen molar-refractivity contribution in [1.29, 1.82) is 0 Å². The van der Waals surface area contributed by atoms with Crippen LogP contribution in [0.2, 0.25) is 0 Å². The first-order chi connectivity index (χ1) is 12.9. The molecule has 1 aliphatic carbocycles. The molecule has 0 atom stereocenters. The van der Waals surface area contributed by atoms with Crippen molar-refractivity contribution in [3.8, 4) is 5.75 Å². The first kappa shape index (κ1) is 19.4. The first-order valence-corrected chi connectivity index (χ1v) is 9.74. The van der Waals surface area contributed by atoms with E-state index in [1.54, 1.807) is 13.8 Å². The van der Waals surface area contributed by atoms with Crippen LogP contribution in [0.3, 0.4) is 0 Å². The Morgan fingerprint density at radius 3 is 2.26 bits per heavy atom. The second-order valence-corrected chi connectivity index (χ2v) is 7.90. The molecule has 27 heavy (non-hydrogen) atoms. The normalized spacial score (nSPS) is 20.2. The van der Waals surface area contributed by atoms with Crippen LogP contribution >= 0.6 is 0 Å². The molecule has 0 spiro atoms. The van der Waals surface area contributed by atoms with E-state index >= 15 is 0 Å². The summed E-state index contributed by atoms with van der Waals surface area (Å²) in [5.41, 5.74) is 1.43. The molecule has 0 bridgehead atoms. The van der Waals surface area contributed by atoms with E-state index < -0.39 is 11.6 Å². The number of carboxylic acids is 1. The summed E-state index contributed by atoms with van der Waals surface area (Å²) in [6.07, 6.45) is 4.71. The number of ether oxygens (including phenoxy) is 1. The number of hydrogen-bond acceptors (Lipinski definition) is 3. The Morgan fingerprint density at radius 2 is 1.67 bits per heavy atom. The maximum absolute atomic E-state index is 11.2. The van der Waals surface area contributed by atoms with E-state index in [-0.39, 0.29) is 0 Å². The molecule has 1 fully saturated rings. The molecule has 3 rings (SSSR count). The van der Waals surface area contributed by atoms with Gasteiger partial charge in [0, 0.05) is 12.6 Å². The SMILES string of the molecule is CC(C)(Oc1ccc(C2CCC(NCc3ccccc3)CC2)cc1)C(=O)O. The third kappa shape index (κ3) is 5.33. The smallest absolute Gasteiger partial charge is 0.347 e. The minimum absolute atomic E-state index is 0.571. The number of aliphatic carboxylic acids is 1. The van der Waals surface area contributed by atoms with Gasteiger partial charge >= 0.3 is 5.97 Å². The molecular formula is C23H29NO3. The van der Waals surface area contributed by atoms with Gasteiger partial charge in [-0.05, 0) is 68.7 Å². The summed E-state index contributed by atoms with van der Waals surface area (Å²) in [5.74, 6) is 0.207. The summed E-state index contributed by atoms with van der Waals surface area (Å²) in [7, 11) is 0. The van der Waals surface area contributed by atoms with Gasteiger partial charge in [-0.15, -0.1) is 0 Å². The molecule has 0 radical (unpaired) electrons. The van der Waals surface area contributed by atoms with Gasteiger partial charge in [0.2, 0.25) is 0 Å². The summed E-state index contributed by atoms with van der Waals surface area (Å²) >= 11 is 0. The van der Waals surface area contributed by atoms with Crippen LogP contribution in [0.15, 0.2) is 54.6 Å². The number of carbonyl (C=O) groups is 1. The molecule has 4 nitrogen and oxygen atoms in total. The van der Waals surface area contributed by atoms with Crippen LogP contribution in [0.4, 0.5) is 0 Å². The van der Waals surface area contributed by atoms with Gasteiger partial charge in [-0.2, -0.15) is 0 Å². The number of hydrogen-bond donors (Lipinski definition) is 2. The van der Waals surface area contributed by atoms with E-state index in [1.165, 1.54) is 36.8 Å². The van der Waals surface area contributed by atoms with Gasteiger partial charge in [-0.25, -0.2) is 4.79 Å². The van der Waals surface area contributed by atoms with Crippen molar-refractivity contribution in [2.24, 2.45) is 0 Å². The fourth-order valence-corrected chi connectivity index (χ4v) is 3.64. The molecule has 2 N–H and O–H groups in total. The van der Waals surface area contributed by atoms with Gasteiger partial charge in [0.05, 0.1) is 0 Å².